The number of halogens is 2. The van der Waals surface area contributed by atoms with Gasteiger partial charge in [0.25, 0.3) is 0 Å². The lowest BCUT2D eigenvalue weighted by atomic mass is 10.2. The molecule has 100 valence electrons. The van der Waals surface area contributed by atoms with E-state index in [1.54, 1.807) is 6.92 Å². The molecule has 6 heteroatoms. The van der Waals surface area contributed by atoms with Gasteiger partial charge in [-0.3, -0.25) is 4.79 Å². The molecule has 1 amide bonds. The third-order valence-electron chi connectivity index (χ3n) is 2.40. The van der Waals surface area contributed by atoms with Crippen molar-refractivity contribution in [2.45, 2.75) is 19.4 Å². The average molecular weight is 258 g/mol. The van der Waals surface area contributed by atoms with E-state index in [0.717, 1.165) is 12.1 Å². The highest BCUT2D eigenvalue weighted by molar-refractivity contribution is 5.92. The molecule has 18 heavy (non-hydrogen) atoms. The lowest BCUT2D eigenvalue weighted by molar-refractivity contribution is -0.115. The Morgan fingerprint density at radius 1 is 1.39 bits per heavy atom. The Bertz CT molecular complexity index is 393. The molecule has 0 aromatic heterocycles. The van der Waals surface area contributed by atoms with Gasteiger partial charge in [0, 0.05) is 12.6 Å². The first-order valence-electron chi connectivity index (χ1n) is 5.62. The van der Waals surface area contributed by atoms with Crippen LogP contribution < -0.4 is 10.6 Å². The van der Waals surface area contributed by atoms with Gasteiger partial charge in [-0.2, -0.15) is 0 Å². The molecule has 4 nitrogen and oxygen atoms in total. The predicted molar refractivity (Wildman–Crippen MR) is 64.2 cm³/mol. The van der Waals surface area contributed by atoms with E-state index in [-0.39, 0.29) is 19.2 Å². The normalized spacial score (nSPS) is 12.2. The van der Waals surface area contributed by atoms with Crippen LogP contribution in [0, 0.1) is 11.6 Å². The highest BCUT2D eigenvalue weighted by Crippen LogP contribution is 2.17. The van der Waals surface area contributed by atoms with Crippen molar-refractivity contribution in [1.82, 2.24) is 5.32 Å². The summed E-state index contributed by atoms with van der Waals surface area (Å²) in [6.45, 7) is 1.74. The molecule has 0 heterocycles. The number of carbonyl (C=O) groups is 1. The van der Waals surface area contributed by atoms with Gasteiger partial charge in [-0.15, -0.1) is 0 Å². The molecule has 1 aromatic rings. The minimum atomic E-state index is -0.813. The van der Waals surface area contributed by atoms with Crippen LogP contribution in [0.2, 0.25) is 0 Å². The van der Waals surface area contributed by atoms with E-state index in [1.807, 2.05) is 0 Å². The first-order valence-corrected chi connectivity index (χ1v) is 5.62. The van der Waals surface area contributed by atoms with Crippen LogP contribution in [0.1, 0.15) is 13.3 Å². The fourth-order valence-electron chi connectivity index (χ4n) is 1.36. The quantitative estimate of drug-likeness (QED) is 0.720. The largest absolute Gasteiger partial charge is 0.396 e. The summed E-state index contributed by atoms with van der Waals surface area (Å²) in [7, 11) is 0. The van der Waals surface area contributed by atoms with Gasteiger partial charge in [-0.25, -0.2) is 8.78 Å². The second-order valence-electron chi connectivity index (χ2n) is 3.94. The zero-order chi connectivity index (χ0) is 13.5. The van der Waals surface area contributed by atoms with Crippen LogP contribution in [0.4, 0.5) is 14.5 Å². The zero-order valence-corrected chi connectivity index (χ0v) is 10.0. The van der Waals surface area contributed by atoms with Gasteiger partial charge in [-0.05, 0) is 25.5 Å². The molecule has 0 radical (unpaired) electrons. The molecule has 0 saturated carbocycles. The van der Waals surface area contributed by atoms with E-state index in [1.165, 1.54) is 6.07 Å². The molecule has 0 aliphatic rings. The molecule has 1 unspecified atom stereocenters. The van der Waals surface area contributed by atoms with E-state index in [0.29, 0.717) is 6.42 Å². The van der Waals surface area contributed by atoms with Gasteiger partial charge in [0.05, 0.1) is 6.54 Å². The monoisotopic (exact) mass is 258 g/mol. The van der Waals surface area contributed by atoms with Crippen LogP contribution in [-0.4, -0.2) is 30.2 Å². The van der Waals surface area contributed by atoms with Gasteiger partial charge in [0.1, 0.15) is 17.3 Å². The molecule has 0 saturated heterocycles. The number of aliphatic hydroxyl groups excluding tert-OH is 1. The number of nitrogens with one attached hydrogen (secondary N) is 2. The first-order chi connectivity index (χ1) is 8.54. The molecule has 0 spiro atoms. The molecule has 1 atom stereocenters. The smallest absolute Gasteiger partial charge is 0.238 e. The Hall–Kier alpha value is -1.53. The summed E-state index contributed by atoms with van der Waals surface area (Å²) in [5, 5.41) is 13.7. The standard InChI is InChI=1S/C12H16F2N2O2/c1-8(5-6-17)15-7-11(18)16-12-9(13)3-2-4-10(12)14/h2-4,8,15,17H,5-7H2,1H3,(H,16,18). The summed E-state index contributed by atoms with van der Waals surface area (Å²) in [4.78, 5) is 11.5. The minimum Gasteiger partial charge on any atom is -0.396 e. The van der Waals surface area contributed by atoms with E-state index < -0.39 is 23.2 Å². The van der Waals surface area contributed by atoms with Crippen molar-refractivity contribution in [2.75, 3.05) is 18.5 Å². The molecule has 1 rings (SSSR count). The maximum Gasteiger partial charge on any atom is 0.238 e. The molecule has 0 bridgehead atoms. The number of benzene rings is 1. The Morgan fingerprint density at radius 2 is 2.00 bits per heavy atom. The fourth-order valence-corrected chi connectivity index (χ4v) is 1.36. The summed E-state index contributed by atoms with van der Waals surface area (Å²) in [6.07, 6.45) is 0.501. The number of carbonyl (C=O) groups excluding carboxylic acids is 1. The molecule has 3 N–H and O–H groups in total. The maximum absolute atomic E-state index is 13.2. The summed E-state index contributed by atoms with van der Waals surface area (Å²) < 4.78 is 26.4. The lowest BCUT2D eigenvalue weighted by Crippen LogP contribution is -2.35. The van der Waals surface area contributed by atoms with Crippen LogP contribution in [0.25, 0.3) is 0 Å². The van der Waals surface area contributed by atoms with Gasteiger partial charge in [0.15, 0.2) is 0 Å². The number of hydrogen-bond donors (Lipinski definition) is 3. The maximum atomic E-state index is 13.2. The van der Waals surface area contributed by atoms with Crippen molar-refractivity contribution in [2.24, 2.45) is 0 Å². The van der Waals surface area contributed by atoms with E-state index >= 15 is 0 Å². The topological polar surface area (TPSA) is 61.4 Å². The third kappa shape index (κ3) is 4.38. The summed E-state index contributed by atoms with van der Waals surface area (Å²) in [6, 6.07) is 3.31. The van der Waals surface area contributed by atoms with Crippen molar-refractivity contribution in [1.29, 1.82) is 0 Å². The van der Waals surface area contributed by atoms with Crippen molar-refractivity contribution >= 4 is 11.6 Å². The number of para-hydroxylation sites is 1. The highest BCUT2D eigenvalue weighted by Gasteiger charge is 2.12. The van der Waals surface area contributed by atoms with Crippen LogP contribution >= 0.6 is 0 Å². The van der Waals surface area contributed by atoms with Crippen molar-refractivity contribution in [3.8, 4) is 0 Å². The molecule has 0 aliphatic heterocycles. The van der Waals surface area contributed by atoms with Crippen molar-refractivity contribution in [3.05, 3.63) is 29.8 Å². The number of rotatable bonds is 6. The average Bonchev–Trinajstić information content (AvgIpc) is 2.32. The molecule has 1 aromatic carbocycles. The molecule has 0 fully saturated rings. The number of amides is 1. The second-order valence-corrected chi connectivity index (χ2v) is 3.94. The van der Waals surface area contributed by atoms with E-state index in [2.05, 4.69) is 10.6 Å². The van der Waals surface area contributed by atoms with Crippen LogP contribution in [-0.2, 0) is 4.79 Å². The minimum absolute atomic E-state index is 0.0116. The van der Waals surface area contributed by atoms with Crippen molar-refractivity contribution in [3.63, 3.8) is 0 Å². The fraction of sp³-hybridized carbons (Fsp3) is 0.417. The molecular formula is C12H16F2N2O2. The van der Waals surface area contributed by atoms with Gasteiger partial charge < -0.3 is 15.7 Å². The van der Waals surface area contributed by atoms with Crippen LogP contribution in [0.15, 0.2) is 18.2 Å². The molecule has 0 aliphatic carbocycles. The third-order valence-corrected chi connectivity index (χ3v) is 2.40. The second kappa shape index (κ2) is 7.03. The SMILES string of the molecule is CC(CCO)NCC(=O)Nc1c(F)cccc1F. The first kappa shape index (κ1) is 14.5. The van der Waals surface area contributed by atoms with Crippen molar-refractivity contribution < 1.29 is 18.7 Å². The number of hydrogen-bond acceptors (Lipinski definition) is 3. The Labute approximate surface area is 104 Å². The summed E-state index contributed by atoms with van der Waals surface area (Å²) in [5.74, 6) is -2.16. The number of anilines is 1. The van der Waals surface area contributed by atoms with Gasteiger partial charge in [0.2, 0.25) is 5.91 Å². The zero-order valence-electron chi connectivity index (χ0n) is 10.0. The molecular weight excluding hydrogens is 242 g/mol. The van der Waals surface area contributed by atoms with Crippen LogP contribution in [0.5, 0.6) is 0 Å². The summed E-state index contributed by atoms with van der Waals surface area (Å²) >= 11 is 0. The highest BCUT2D eigenvalue weighted by atomic mass is 19.1. The van der Waals surface area contributed by atoms with E-state index in [9.17, 15) is 13.6 Å². The Kier molecular flexibility index (Phi) is 5.67. The van der Waals surface area contributed by atoms with Gasteiger partial charge in [-0.1, -0.05) is 6.07 Å². The lowest BCUT2D eigenvalue weighted by Gasteiger charge is -2.12. The summed E-state index contributed by atoms with van der Waals surface area (Å²) in [5.41, 5.74) is -0.445. The van der Waals surface area contributed by atoms with Crippen LogP contribution in [0.3, 0.4) is 0 Å². The Balaban J connectivity index is 2.50. The Morgan fingerprint density at radius 3 is 2.56 bits per heavy atom. The predicted octanol–water partition coefficient (Wildman–Crippen LogP) is 1.26. The van der Waals surface area contributed by atoms with E-state index in [4.69, 9.17) is 5.11 Å². The van der Waals surface area contributed by atoms with Gasteiger partial charge >= 0.3 is 0 Å². The number of aliphatic hydroxyl groups is 1.